The largest absolute Gasteiger partial charge is 0.397 e. The molecule has 0 aliphatic heterocycles. The monoisotopic (exact) mass is 285 g/mol. The SMILES string of the molecule is CNS(=O)(=O)c1ccc(N)c(NCCC(C)(C)C)c1. The fourth-order valence-electron chi connectivity index (χ4n) is 1.55. The first-order chi connectivity index (χ1) is 8.65. The molecule has 1 aromatic carbocycles. The summed E-state index contributed by atoms with van der Waals surface area (Å²) in [6, 6.07) is 4.66. The van der Waals surface area contributed by atoms with Crippen LogP contribution in [0.1, 0.15) is 27.2 Å². The lowest BCUT2D eigenvalue weighted by Crippen LogP contribution is -2.19. The van der Waals surface area contributed by atoms with Crippen LogP contribution in [0.15, 0.2) is 23.1 Å². The van der Waals surface area contributed by atoms with Crippen LogP contribution in [0.2, 0.25) is 0 Å². The molecule has 0 fully saturated rings. The van der Waals surface area contributed by atoms with Crippen LogP contribution in [0, 0.1) is 5.41 Å². The lowest BCUT2D eigenvalue weighted by atomic mass is 9.92. The van der Waals surface area contributed by atoms with E-state index >= 15 is 0 Å². The molecule has 1 rings (SSSR count). The van der Waals surface area contributed by atoms with Crippen LogP contribution >= 0.6 is 0 Å². The second-order valence-electron chi connectivity index (χ2n) is 5.69. The van der Waals surface area contributed by atoms with Crippen LogP contribution in [-0.4, -0.2) is 22.0 Å². The number of benzene rings is 1. The molecule has 0 aliphatic carbocycles. The standard InChI is InChI=1S/C13H23N3O2S/c1-13(2,3)7-8-16-12-9-10(5-6-11(12)14)19(17,18)15-4/h5-6,9,15-16H,7-8,14H2,1-4H3. The van der Waals surface area contributed by atoms with Crippen molar-refractivity contribution in [3.05, 3.63) is 18.2 Å². The highest BCUT2D eigenvalue weighted by Crippen LogP contribution is 2.24. The first-order valence-electron chi connectivity index (χ1n) is 6.23. The van der Waals surface area contributed by atoms with Crippen molar-refractivity contribution < 1.29 is 8.42 Å². The lowest BCUT2D eigenvalue weighted by Gasteiger charge is -2.19. The summed E-state index contributed by atoms with van der Waals surface area (Å²) in [7, 11) is -2.05. The number of nitrogen functional groups attached to an aromatic ring is 1. The molecule has 6 heteroatoms. The van der Waals surface area contributed by atoms with Crippen molar-refractivity contribution in [1.29, 1.82) is 0 Å². The average molecular weight is 285 g/mol. The molecule has 0 bridgehead atoms. The van der Waals surface area contributed by atoms with Crippen molar-refractivity contribution in [1.82, 2.24) is 4.72 Å². The number of sulfonamides is 1. The van der Waals surface area contributed by atoms with Crippen molar-refractivity contribution in [3.63, 3.8) is 0 Å². The molecule has 4 N–H and O–H groups in total. The van der Waals surface area contributed by atoms with E-state index in [-0.39, 0.29) is 10.3 Å². The van der Waals surface area contributed by atoms with Gasteiger partial charge in [-0.3, -0.25) is 0 Å². The van der Waals surface area contributed by atoms with Crippen LogP contribution in [0.25, 0.3) is 0 Å². The summed E-state index contributed by atoms with van der Waals surface area (Å²) < 4.78 is 25.7. The Kier molecular flexibility index (Phi) is 4.81. The Balaban J connectivity index is 2.87. The maximum Gasteiger partial charge on any atom is 0.240 e. The van der Waals surface area contributed by atoms with Crippen molar-refractivity contribution in [2.45, 2.75) is 32.1 Å². The Bertz CT molecular complexity index is 533. The van der Waals surface area contributed by atoms with Crippen LogP contribution in [-0.2, 0) is 10.0 Å². The fourth-order valence-corrected chi connectivity index (χ4v) is 2.30. The van der Waals surface area contributed by atoms with Gasteiger partial charge >= 0.3 is 0 Å². The first kappa shape index (κ1) is 15.8. The summed E-state index contributed by atoms with van der Waals surface area (Å²) >= 11 is 0. The molecule has 19 heavy (non-hydrogen) atoms. The fraction of sp³-hybridized carbons (Fsp3) is 0.538. The molecule has 0 heterocycles. The Morgan fingerprint density at radius 2 is 1.89 bits per heavy atom. The topological polar surface area (TPSA) is 84.2 Å². The zero-order chi connectivity index (χ0) is 14.7. The number of nitrogens with one attached hydrogen (secondary N) is 2. The molecule has 0 saturated carbocycles. The van der Waals surface area contributed by atoms with Crippen molar-refractivity contribution >= 4 is 21.4 Å². The van der Waals surface area contributed by atoms with Gasteiger partial charge < -0.3 is 11.1 Å². The van der Waals surface area contributed by atoms with Gasteiger partial charge in [-0.2, -0.15) is 0 Å². The van der Waals surface area contributed by atoms with Gasteiger partial charge in [0, 0.05) is 6.54 Å². The molecule has 0 atom stereocenters. The van der Waals surface area contributed by atoms with Gasteiger partial charge in [0.15, 0.2) is 0 Å². The van der Waals surface area contributed by atoms with E-state index in [1.54, 1.807) is 12.1 Å². The molecule has 0 aromatic heterocycles. The number of nitrogens with two attached hydrogens (primary N) is 1. The number of hydrogen-bond donors (Lipinski definition) is 3. The van der Waals surface area contributed by atoms with E-state index in [0.29, 0.717) is 11.4 Å². The van der Waals surface area contributed by atoms with Gasteiger partial charge in [-0.1, -0.05) is 20.8 Å². The van der Waals surface area contributed by atoms with Crippen LogP contribution in [0.5, 0.6) is 0 Å². The number of rotatable bonds is 5. The molecule has 0 aliphatic rings. The van der Waals surface area contributed by atoms with Crippen LogP contribution < -0.4 is 15.8 Å². The Labute approximate surface area is 115 Å². The van der Waals surface area contributed by atoms with Crippen molar-refractivity contribution in [2.75, 3.05) is 24.6 Å². The molecule has 0 spiro atoms. The predicted octanol–water partition coefficient (Wildman–Crippen LogP) is 2.02. The Morgan fingerprint density at radius 1 is 1.26 bits per heavy atom. The van der Waals surface area contributed by atoms with Gasteiger partial charge in [0.25, 0.3) is 0 Å². The van der Waals surface area contributed by atoms with E-state index in [1.807, 2.05) is 0 Å². The Hall–Kier alpha value is -1.27. The van der Waals surface area contributed by atoms with Gasteiger partial charge in [-0.15, -0.1) is 0 Å². The van der Waals surface area contributed by atoms with E-state index < -0.39 is 10.0 Å². The summed E-state index contributed by atoms with van der Waals surface area (Å²) in [6.07, 6.45) is 0.968. The molecular weight excluding hydrogens is 262 g/mol. The minimum absolute atomic E-state index is 0.211. The van der Waals surface area contributed by atoms with Gasteiger partial charge in [-0.25, -0.2) is 13.1 Å². The second-order valence-corrected chi connectivity index (χ2v) is 7.58. The normalized spacial score (nSPS) is 12.4. The molecule has 0 saturated heterocycles. The molecule has 1 aromatic rings. The highest BCUT2D eigenvalue weighted by atomic mass is 32.2. The summed E-state index contributed by atoms with van der Waals surface area (Å²) in [5, 5.41) is 3.19. The lowest BCUT2D eigenvalue weighted by molar-refractivity contribution is 0.390. The van der Waals surface area contributed by atoms with Crippen LogP contribution in [0.3, 0.4) is 0 Å². The van der Waals surface area contributed by atoms with Gasteiger partial charge in [-0.05, 0) is 37.1 Å². The van der Waals surface area contributed by atoms with E-state index in [0.717, 1.165) is 13.0 Å². The zero-order valence-electron chi connectivity index (χ0n) is 11.9. The van der Waals surface area contributed by atoms with Gasteiger partial charge in [0.05, 0.1) is 16.3 Å². The zero-order valence-corrected chi connectivity index (χ0v) is 12.8. The molecular formula is C13H23N3O2S. The third-order valence-corrected chi connectivity index (χ3v) is 4.21. The van der Waals surface area contributed by atoms with E-state index in [9.17, 15) is 8.42 Å². The third-order valence-electron chi connectivity index (χ3n) is 2.79. The first-order valence-corrected chi connectivity index (χ1v) is 7.71. The highest BCUT2D eigenvalue weighted by molar-refractivity contribution is 7.89. The van der Waals surface area contributed by atoms with Gasteiger partial charge in [0.1, 0.15) is 0 Å². The molecule has 108 valence electrons. The predicted molar refractivity (Wildman–Crippen MR) is 79.7 cm³/mol. The quantitative estimate of drug-likeness (QED) is 0.723. The maximum absolute atomic E-state index is 11.7. The summed E-state index contributed by atoms with van der Waals surface area (Å²) in [5.41, 5.74) is 7.26. The second kappa shape index (κ2) is 5.79. The molecule has 5 nitrogen and oxygen atoms in total. The van der Waals surface area contributed by atoms with Crippen molar-refractivity contribution in [3.8, 4) is 0 Å². The smallest absolute Gasteiger partial charge is 0.240 e. The molecule has 0 radical (unpaired) electrons. The third kappa shape index (κ3) is 4.72. The number of anilines is 2. The van der Waals surface area contributed by atoms with E-state index in [1.165, 1.54) is 13.1 Å². The maximum atomic E-state index is 11.7. The Morgan fingerprint density at radius 3 is 2.42 bits per heavy atom. The van der Waals surface area contributed by atoms with E-state index in [4.69, 9.17) is 5.73 Å². The summed E-state index contributed by atoms with van der Waals surface area (Å²) in [5.74, 6) is 0. The summed E-state index contributed by atoms with van der Waals surface area (Å²) in [4.78, 5) is 0.211. The van der Waals surface area contributed by atoms with E-state index in [2.05, 4.69) is 30.8 Å². The van der Waals surface area contributed by atoms with Crippen LogP contribution in [0.4, 0.5) is 11.4 Å². The average Bonchev–Trinajstić information content (AvgIpc) is 2.29. The minimum Gasteiger partial charge on any atom is -0.397 e. The minimum atomic E-state index is -3.44. The summed E-state index contributed by atoms with van der Waals surface area (Å²) in [6.45, 7) is 7.20. The number of hydrogen-bond acceptors (Lipinski definition) is 4. The van der Waals surface area contributed by atoms with Gasteiger partial charge in [0.2, 0.25) is 10.0 Å². The molecule has 0 unspecified atom stereocenters. The molecule has 0 amide bonds. The van der Waals surface area contributed by atoms with Crippen molar-refractivity contribution in [2.24, 2.45) is 5.41 Å². The highest BCUT2D eigenvalue weighted by Gasteiger charge is 2.14.